The smallest absolute Gasteiger partial charge is 0.305 e. The van der Waals surface area contributed by atoms with Crippen LogP contribution < -0.4 is 5.73 Å². The average Bonchev–Trinajstić information content (AvgIpc) is 2.40. The topological polar surface area (TPSA) is 83.6 Å². The Bertz CT molecular complexity index is 268. The molecule has 1 rings (SSSR count). The number of hydrogen-bond acceptors (Lipinski definition) is 3. The standard InChI is InChI=1S/C11H20N2O3/c1-8-5-3-2-4-6-13(8)11(16)9(12)7-10(14)15/h8-9H,2-7,12H2,1H3,(H,14,15). The molecular formula is C11H20N2O3. The van der Waals surface area contributed by atoms with Crippen LogP contribution in [0.2, 0.25) is 0 Å². The van der Waals surface area contributed by atoms with Gasteiger partial charge in [0.05, 0.1) is 12.5 Å². The van der Waals surface area contributed by atoms with Gasteiger partial charge in [0, 0.05) is 12.6 Å². The summed E-state index contributed by atoms with van der Waals surface area (Å²) in [4.78, 5) is 24.2. The first-order chi connectivity index (χ1) is 7.52. The molecule has 5 heteroatoms. The zero-order valence-corrected chi connectivity index (χ0v) is 9.69. The number of likely N-dealkylation sites (tertiary alicyclic amines) is 1. The fourth-order valence-electron chi connectivity index (χ4n) is 2.09. The van der Waals surface area contributed by atoms with Crippen molar-refractivity contribution in [2.45, 2.75) is 51.1 Å². The van der Waals surface area contributed by atoms with Crippen LogP contribution in [0.25, 0.3) is 0 Å². The normalized spacial score (nSPS) is 23.6. The molecule has 92 valence electrons. The summed E-state index contributed by atoms with van der Waals surface area (Å²) in [5.41, 5.74) is 5.59. The maximum absolute atomic E-state index is 11.9. The molecular weight excluding hydrogens is 208 g/mol. The van der Waals surface area contributed by atoms with E-state index in [1.165, 1.54) is 0 Å². The second-order valence-electron chi connectivity index (χ2n) is 4.43. The summed E-state index contributed by atoms with van der Waals surface area (Å²) in [5, 5.41) is 8.60. The van der Waals surface area contributed by atoms with Crippen LogP contribution in [-0.2, 0) is 9.59 Å². The van der Waals surface area contributed by atoms with Crippen molar-refractivity contribution in [1.29, 1.82) is 0 Å². The zero-order valence-electron chi connectivity index (χ0n) is 9.69. The molecule has 16 heavy (non-hydrogen) atoms. The SMILES string of the molecule is CC1CCCCCN1C(=O)C(N)CC(=O)O. The molecule has 0 saturated carbocycles. The lowest BCUT2D eigenvalue weighted by molar-refractivity contribution is -0.142. The Kier molecular flexibility index (Phi) is 4.73. The van der Waals surface area contributed by atoms with Gasteiger partial charge in [0.15, 0.2) is 0 Å². The van der Waals surface area contributed by atoms with Crippen LogP contribution in [0.5, 0.6) is 0 Å². The molecule has 0 aromatic rings. The third-order valence-electron chi connectivity index (χ3n) is 3.05. The molecule has 1 fully saturated rings. The quantitative estimate of drug-likeness (QED) is 0.740. The van der Waals surface area contributed by atoms with Gasteiger partial charge < -0.3 is 15.7 Å². The molecule has 0 spiro atoms. The van der Waals surface area contributed by atoms with Crippen molar-refractivity contribution < 1.29 is 14.7 Å². The molecule has 1 saturated heterocycles. The van der Waals surface area contributed by atoms with Crippen LogP contribution >= 0.6 is 0 Å². The lowest BCUT2D eigenvalue weighted by Gasteiger charge is -2.29. The molecule has 1 heterocycles. The van der Waals surface area contributed by atoms with E-state index in [1.807, 2.05) is 6.92 Å². The largest absolute Gasteiger partial charge is 0.481 e. The Morgan fingerprint density at radius 2 is 2.12 bits per heavy atom. The predicted octanol–water partition coefficient (Wildman–Crippen LogP) is 0.579. The Hall–Kier alpha value is -1.10. The molecule has 0 aliphatic carbocycles. The number of nitrogens with zero attached hydrogens (tertiary/aromatic N) is 1. The Labute approximate surface area is 95.6 Å². The van der Waals surface area contributed by atoms with Gasteiger partial charge in [-0.2, -0.15) is 0 Å². The van der Waals surface area contributed by atoms with Crippen molar-refractivity contribution in [1.82, 2.24) is 4.90 Å². The van der Waals surface area contributed by atoms with Crippen LogP contribution in [0.1, 0.15) is 39.0 Å². The van der Waals surface area contributed by atoms with Gasteiger partial charge in [0.2, 0.25) is 5.91 Å². The number of hydrogen-bond donors (Lipinski definition) is 2. The van der Waals surface area contributed by atoms with Gasteiger partial charge in [-0.15, -0.1) is 0 Å². The van der Waals surface area contributed by atoms with Crippen LogP contribution in [0.3, 0.4) is 0 Å². The first-order valence-electron chi connectivity index (χ1n) is 5.80. The minimum absolute atomic E-state index is 0.176. The molecule has 0 bridgehead atoms. The maximum atomic E-state index is 11.9. The Morgan fingerprint density at radius 3 is 2.75 bits per heavy atom. The number of nitrogens with two attached hydrogens (primary N) is 1. The molecule has 1 aliphatic heterocycles. The molecule has 3 N–H and O–H groups in total. The van der Waals surface area contributed by atoms with Gasteiger partial charge in [-0.05, 0) is 19.8 Å². The van der Waals surface area contributed by atoms with Crippen LogP contribution in [0.4, 0.5) is 0 Å². The molecule has 0 aromatic heterocycles. The fraction of sp³-hybridized carbons (Fsp3) is 0.818. The summed E-state index contributed by atoms with van der Waals surface area (Å²) >= 11 is 0. The summed E-state index contributed by atoms with van der Waals surface area (Å²) in [5.74, 6) is -1.25. The second kappa shape index (κ2) is 5.84. The predicted molar refractivity (Wildman–Crippen MR) is 59.9 cm³/mol. The molecule has 0 radical (unpaired) electrons. The van der Waals surface area contributed by atoms with Crippen LogP contribution in [0, 0.1) is 0 Å². The number of carboxylic acid groups (broad SMARTS) is 1. The van der Waals surface area contributed by atoms with Crippen LogP contribution in [-0.4, -0.2) is 40.5 Å². The van der Waals surface area contributed by atoms with Gasteiger partial charge in [-0.3, -0.25) is 9.59 Å². The van der Waals surface area contributed by atoms with Crippen molar-refractivity contribution in [2.24, 2.45) is 5.73 Å². The van der Waals surface area contributed by atoms with E-state index in [1.54, 1.807) is 4.90 Å². The Morgan fingerprint density at radius 1 is 1.44 bits per heavy atom. The van der Waals surface area contributed by atoms with Gasteiger partial charge in [-0.25, -0.2) is 0 Å². The molecule has 1 amide bonds. The minimum Gasteiger partial charge on any atom is -0.481 e. The number of carbonyl (C=O) groups excluding carboxylic acids is 1. The summed E-state index contributed by atoms with van der Waals surface area (Å²) < 4.78 is 0. The van der Waals surface area contributed by atoms with Crippen molar-refractivity contribution in [3.63, 3.8) is 0 Å². The van der Waals surface area contributed by atoms with Gasteiger partial charge in [0.1, 0.15) is 0 Å². The zero-order chi connectivity index (χ0) is 12.1. The molecule has 0 aromatic carbocycles. The third kappa shape index (κ3) is 3.48. The summed E-state index contributed by atoms with van der Waals surface area (Å²) in [6.07, 6.45) is 3.92. The van der Waals surface area contributed by atoms with E-state index in [2.05, 4.69) is 0 Å². The first-order valence-corrected chi connectivity index (χ1v) is 5.80. The van der Waals surface area contributed by atoms with Crippen molar-refractivity contribution >= 4 is 11.9 Å². The van der Waals surface area contributed by atoms with Crippen molar-refractivity contribution in [3.05, 3.63) is 0 Å². The highest BCUT2D eigenvalue weighted by Gasteiger charge is 2.27. The van der Waals surface area contributed by atoms with Crippen molar-refractivity contribution in [3.8, 4) is 0 Å². The van der Waals surface area contributed by atoms with E-state index in [0.717, 1.165) is 25.7 Å². The lowest BCUT2D eigenvalue weighted by atomic mass is 10.1. The Balaban J connectivity index is 2.59. The van der Waals surface area contributed by atoms with E-state index < -0.39 is 12.0 Å². The number of aliphatic carboxylic acids is 1. The number of rotatable bonds is 3. The van der Waals surface area contributed by atoms with Crippen molar-refractivity contribution in [2.75, 3.05) is 6.54 Å². The molecule has 5 nitrogen and oxygen atoms in total. The van der Waals surface area contributed by atoms with Gasteiger partial charge >= 0.3 is 5.97 Å². The molecule has 2 atom stereocenters. The average molecular weight is 228 g/mol. The van der Waals surface area contributed by atoms with Gasteiger partial charge in [-0.1, -0.05) is 12.8 Å². The van der Waals surface area contributed by atoms with E-state index in [9.17, 15) is 9.59 Å². The third-order valence-corrected chi connectivity index (χ3v) is 3.05. The monoisotopic (exact) mass is 228 g/mol. The van der Waals surface area contributed by atoms with Crippen LogP contribution in [0.15, 0.2) is 0 Å². The van der Waals surface area contributed by atoms with Gasteiger partial charge in [0.25, 0.3) is 0 Å². The van der Waals surface area contributed by atoms with E-state index in [-0.39, 0.29) is 18.4 Å². The summed E-state index contributed by atoms with van der Waals surface area (Å²) in [7, 11) is 0. The minimum atomic E-state index is -1.02. The summed E-state index contributed by atoms with van der Waals surface area (Å²) in [6, 6.07) is -0.729. The highest BCUT2D eigenvalue weighted by atomic mass is 16.4. The highest BCUT2D eigenvalue weighted by Crippen LogP contribution is 2.17. The molecule has 2 unspecified atom stereocenters. The van der Waals surface area contributed by atoms with E-state index in [0.29, 0.717) is 6.54 Å². The first kappa shape index (κ1) is 13.0. The molecule has 1 aliphatic rings. The lowest BCUT2D eigenvalue weighted by Crippen LogP contribution is -2.48. The maximum Gasteiger partial charge on any atom is 0.305 e. The number of carboxylic acids is 1. The second-order valence-corrected chi connectivity index (χ2v) is 4.43. The number of amides is 1. The van der Waals surface area contributed by atoms with E-state index in [4.69, 9.17) is 10.8 Å². The highest BCUT2D eigenvalue weighted by molar-refractivity contribution is 5.86. The fourth-order valence-corrected chi connectivity index (χ4v) is 2.09. The van der Waals surface area contributed by atoms with E-state index >= 15 is 0 Å². The summed E-state index contributed by atoms with van der Waals surface area (Å²) in [6.45, 7) is 2.70. The number of carbonyl (C=O) groups is 2.